The second kappa shape index (κ2) is 4.90. The zero-order valence-electron chi connectivity index (χ0n) is 8.74. The van der Waals surface area contributed by atoms with Gasteiger partial charge in [0.05, 0.1) is 0 Å². The van der Waals surface area contributed by atoms with Crippen molar-refractivity contribution in [1.82, 2.24) is 0 Å². The molecule has 0 aromatic heterocycles. The van der Waals surface area contributed by atoms with Crippen molar-refractivity contribution in [2.24, 2.45) is 0 Å². The van der Waals surface area contributed by atoms with E-state index in [1.165, 1.54) is 5.56 Å². The molecular weight excluding hydrogens is 270 g/mol. The van der Waals surface area contributed by atoms with Gasteiger partial charge >= 0.3 is 88.2 Å². The fraction of sp³-hybridized carbons (Fsp3) is 0.455. The predicted octanol–water partition coefficient (Wildman–Crippen LogP) is 3.09. The molecule has 1 aromatic carbocycles. The monoisotopic (exact) mass is 286 g/mol. The number of hydrogen-bond donors (Lipinski definition) is 0. The van der Waals surface area contributed by atoms with Crippen molar-refractivity contribution < 1.29 is 4.74 Å². The Bertz CT molecular complexity index is 253. The van der Waals surface area contributed by atoms with Gasteiger partial charge in [0.15, 0.2) is 0 Å². The molecule has 0 heterocycles. The fourth-order valence-corrected chi connectivity index (χ4v) is 3.37. The van der Waals surface area contributed by atoms with Crippen LogP contribution in [0.4, 0.5) is 0 Å². The summed E-state index contributed by atoms with van der Waals surface area (Å²) in [5.74, 6) is 0.951. The van der Waals surface area contributed by atoms with E-state index in [-0.39, 0.29) is 0 Å². The summed E-state index contributed by atoms with van der Waals surface area (Å²) in [5.41, 5.74) is 1.47. The summed E-state index contributed by atoms with van der Waals surface area (Å²) >= 11 is -0.955. The van der Waals surface area contributed by atoms with Gasteiger partial charge < -0.3 is 0 Å². The van der Waals surface area contributed by atoms with Crippen molar-refractivity contribution in [1.29, 1.82) is 0 Å². The Morgan fingerprint density at radius 2 is 1.69 bits per heavy atom. The molecule has 0 saturated carbocycles. The van der Waals surface area contributed by atoms with Crippen molar-refractivity contribution in [2.75, 3.05) is 7.11 Å². The topological polar surface area (TPSA) is 9.23 Å². The Morgan fingerprint density at radius 1 is 1.15 bits per heavy atom. The third-order valence-corrected chi connectivity index (χ3v) is 7.65. The average Bonchev–Trinajstić information content (AvgIpc) is 2.17. The third-order valence-electron chi connectivity index (χ3n) is 2.37. The van der Waals surface area contributed by atoms with Crippen LogP contribution in [-0.4, -0.2) is 27.3 Å². The first-order valence-corrected chi connectivity index (χ1v) is 11.0. The quantitative estimate of drug-likeness (QED) is 0.776. The summed E-state index contributed by atoms with van der Waals surface area (Å²) in [6.45, 7) is 2.34. The predicted molar refractivity (Wildman–Crippen MR) is 58.9 cm³/mol. The second-order valence-corrected chi connectivity index (χ2v) is 11.1. The van der Waals surface area contributed by atoms with Crippen LogP contribution < -0.4 is 4.74 Å². The van der Waals surface area contributed by atoms with Gasteiger partial charge in [-0.25, -0.2) is 0 Å². The molecule has 0 radical (unpaired) electrons. The Hall–Kier alpha value is -0.162. The van der Waals surface area contributed by atoms with Crippen LogP contribution in [0.2, 0.25) is 9.74 Å². The Labute approximate surface area is 88.1 Å². The molecule has 2 heteroatoms. The standard InChI is InChI=1S/C9H11O.2CH3.Sb/c1-3-8-4-6-9(10-2)7-5-8;;;/h3-7H,1-2H3;2*1H3;. The van der Waals surface area contributed by atoms with E-state index in [0.717, 1.165) is 9.61 Å². The molecule has 0 fully saturated rings. The molecule has 0 spiro atoms. The van der Waals surface area contributed by atoms with Gasteiger partial charge in [0.1, 0.15) is 0 Å². The van der Waals surface area contributed by atoms with Crippen LogP contribution in [0.1, 0.15) is 16.4 Å². The van der Waals surface area contributed by atoms with E-state index in [2.05, 4.69) is 40.9 Å². The van der Waals surface area contributed by atoms with Crippen LogP contribution >= 0.6 is 0 Å². The van der Waals surface area contributed by atoms with Gasteiger partial charge in [0, 0.05) is 0 Å². The average molecular weight is 287 g/mol. The van der Waals surface area contributed by atoms with Crippen molar-refractivity contribution >= 4 is 20.2 Å². The number of benzene rings is 1. The maximum atomic E-state index is 5.12. The molecule has 0 N–H and O–H groups in total. The first-order valence-electron chi connectivity index (χ1n) is 4.45. The van der Waals surface area contributed by atoms with E-state index in [9.17, 15) is 0 Å². The van der Waals surface area contributed by atoms with Crippen LogP contribution in [0.5, 0.6) is 5.75 Å². The minimum absolute atomic E-state index is 0.800. The summed E-state index contributed by atoms with van der Waals surface area (Å²) in [7, 11) is 1.71. The maximum absolute atomic E-state index is 5.12. The molecule has 1 unspecified atom stereocenters. The first kappa shape index (κ1) is 10.9. The van der Waals surface area contributed by atoms with E-state index in [0.29, 0.717) is 0 Å². The normalized spacial score (nSPS) is 13.0. The zero-order chi connectivity index (χ0) is 9.84. The van der Waals surface area contributed by atoms with Crippen molar-refractivity contribution in [3.05, 3.63) is 29.8 Å². The van der Waals surface area contributed by atoms with Crippen molar-refractivity contribution in [2.45, 2.75) is 20.5 Å². The van der Waals surface area contributed by atoms with Crippen molar-refractivity contribution in [3.8, 4) is 5.75 Å². The molecule has 1 atom stereocenters. The number of ether oxygens (including phenoxy) is 1. The van der Waals surface area contributed by atoms with Gasteiger partial charge in [-0.05, 0) is 0 Å². The molecule has 1 nitrogen and oxygen atoms in total. The number of hydrogen-bond acceptors (Lipinski definition) is 1. The van der Waals surface area contributed by atoms with Crippen molar-refractivity contribution in [3.63, 3.8) is 0 Å². The molecule has 0 aliphatic rings. The molecule has 1 rings (SSSR count). The molecule has 0 aliphatic heterocycles. The van der Waals surface area contributed by atoms with E-state index in [4.69, 9.17) is 4.74 Å². The van der Waals surface area contributed by atoms with Gasteiger partial charge in [0.2, 0.25) is 0 Å². The molecule has 0 bridgehead atoms. The van der Waals surface area contributed by atoms with E-state index in [1.807, 2.05) is 0 Å². The summed E-state index contributed by atoms with van der Waals surface area (Å²) in [4.78, 5) is 4.86. The summed E-state index contributed by atoms with van der Waals surface area (Å²) in [5, 5.41) is 0. The van der Waals surface area contributed by atoms with E-state index in [1.54, 1.807) is 7.11 Å². The van der Waals surface area contributed by atoms with Crippen LogP contribution in [0.15, 0.2) is 24.3 Å². The minimum atomic E-state index is -0.955. The van der Waals surface area contributed by atoms with Gasteiger partial charge in [0.25, 0.3) is 0 Å². The van der Waals surface area contributed by atoms with Crippen LogP contribution in [0.25, 0.3) is 0 Å². The summed E-state index contributed by atoms with van der Waals surface area (Å²) in [6.07, 6.45) is 0. The van der Waals surface area contributed by atoms with Crippen LogP contribution in [0, 0.1) is 0 Å². The Morgan fingerprint density at radius 3 is 2.08 bits per heavy atom. The van der Waals surface area contributed by atoms with Crippen LogP contribution in [0.3, 0.4) is 0 Å². The third kappa shape index (κ3) is 2.91. The SMILES string of the molecule is COc1ccc([CH](C)[Sb]([CH3])[CH3])cc1. The molecule has 0 aliphatic carbocycles. The molecule has 13 heavy (non-hydrogen) atoms. The van der Waals surface area contributed by atoms with E-state index < -0.39 is 20.2 Å². The van der Waals surface area contributed by atoms with Gasteiger partial charge in [-0.15, -0.1) is 0 Å². The Kier molecular flexibility index (Phi) is 4.12. The summed E-state index contributed by atoms with van der Waals surface area (Å²) < 4.78 is 5.92. The van der Waals surface area contributed by atoms with Crippen LogP contribution in [-0.2, 0) is 0 Å². The van der Waals surface area contributed by atoms with E-state index >= 15 is 0 Å². The van der Waals surface area contributed by atoms with Gasteiger partial charge in [-0.2, -0.15) is 0 Å². The van der Waals surface area contributed by atoms with Gasteiger partial charge in [-0.1, -0.05) is 0 Å². The number of methoxy groups -OCH3 is 1. The van der Waals surface area contributed by atoms with Gasteiger partial charge in [-0.3, -0.25) is 0 Å². The second-order valence-electron chi connectivity index (χ2n) is 3.41. The molecule has 1 aromatic rings. The molecular formula is C11H17OSb. The molecule has 0 saturated heterocycles. The fourth-order valence-electron chi connectivity index (χ4n) is 1.18. The number of rotatable bonds is 3. The first-order chi connectivity index (χ1) is 6.15. The Balaban J connectivity index is 2.79. The molecule has 0 amide bonds. The molecule has 72 valence electrons. The summed E-state index contributed by atoms with van der Waals surface area (Å²) in [6, 6.07) is 8.48. The zero-order valence-corrected chi connectivity index (χ0v) is 11.3.